The van der Waals surface area contributed by atoms with Gasteiger partial charge in [0.1, 0.15) is 5.75 Å². The molecule has 1 aromatic carbocycles. The highest BCUT2D eigenvalue weighted by Crippen LogP contribution is 2.29. The standard InChI is InChI=1S/C12H14N2O2/c1-14-7-9(10(15)6-13)8-4-3-5-11(16-2)12(8)14/h3-5,7H,6,13H2,1-2H3. The molecule has 0 amide bonds. The number of para-hydroxylation sites is 1. The first kappa shape index (κ1) is 10.7. The lowest BCUT2D eigenvalue weighted by Gasteiger charge is -2.03. The Morgan fingerprint density at radius 2 is 2.25 bits per heavy atom. The molecule has 0 aliphatic heterocycles. The van der Waals surface area contributed by atoms with E-state index in [4.69, 9.17) is 10.5 Å². The highest BCUT2D eigenvalue weighted by Gasteiger charge is 2.14. The lowest BCUT2D eigenvalue weighted by molar-refractivity contribution is 0.100. The minimum atomic E-state index is -0.0566. The molecule has 0 radical (unpaired) electrons. The van der Waals surface area contributed by atoms with Crippen molar-refractivity contribution in [3.63, 3.8) is 0 Å². The molecule has 2 aromatic rings. The van der Waals surface area contributed by atoms with Gasteiger partial charge in [-0.2, -0.15) is 0 Å². The Morgan fingerprint density at radius 3 is 2.88 bits per heavy atom. The molecule has 84 valence electrons. The molecule has 0 atom stereocenters. The molecule has 0 bridgehead atoms. The minimum Gasteiger partial charge on any atom is -0.495 e. The van der Waals surface area contributed by atoms with Gasteiger partial charge >= 0.3 is 0 Å². The first-order valence-corrected chi connectivity index (χ1v) is 5.04. The summed E-state index contributed by atoms with van der Waals surface area (Å²) in [7, 11) is 3.50. The number of ketones is 1. The summed E-state index contributed by atoms with van der Waals surface area (Å²) < 4.78 is 7.16. The second kappa shape index (κ2) is 3.98. The van der Waals surface area contributed by atoms with Crippen LogP contribution in [0.25, 0.3) is 10.9 Å². The molecule has 1 aromatic heterocycles. The molecular formula is C12H14N2O2. The fourth-order valence-electron chi connectivity index (χ4n) is 1.93. The van der Waals surface area contributed by atoms with Crippen molar-refractivity contribution < 1.29 is 9.53 Å². The largest absolute Gasteiger partial charge is 0.495 e. The van der Waals surface area contributed by atoms with Crippen LogP contribution in [0.2, 0.25) is 0 Å². The van der Waals surface area contributed by atoms with Gasteiger partial charge in [0.15, 0.2) is 5.78 Å². The summed E-state index contributed by atoms with van der Waals surface area (Å²) in [5.74, 6) is 0.704. The molecule has 0 saturated carbocycles. The number of nitrogens with two attached hydrogens (primary N) is 1. The number of carbonyl (C=O) groups excluding carboxylic acids is 1. The van der Waals surface area contributed by atoms with Gasteiger partial charge in [-0.1, -0.05) is 12.1 Å². The molecule has 4 nitrogen and oxygen atoms in total. The number of carbonyl (C=O) groups is 1. The summed E-state index contributed by atoms with van der Waals surface area (Å²) in [5.41, 5.74) is 6.95. The Labute approximate surface area is 93.6 Å². The third-order valence-electron chi connectivity index (χ3n) is 2.67. The van der Waals surface area contributed by atoms with Gasteiger partial charge in [-0.25, -0.2) is 0 Å². The lowest BCUT2D eigenvalue weighted by Crippen LogP contribution is -2.13. The molecule has 2 N–H and O–H groups in total. The zero-order chi connectivity index (χ0) is 11.7. The maximum absolute atomic E-state index is 11.7. The van der Waals surface area contributed by atoms with Crippen molar-refractivity contribution in [2.24, 2.45) is 12.8 Å². The van der Waals surface area contributed by atoms with Gasteiger partial charge in [-0.3, -0.25) is 4.79 Å². The normalized spacial score (nSPS) is 10.7. The molecule has 0 unspecified atom stereocenters. The van der Waals surface area contributed by atoms with Gasteiger partial charge in [0.2, 0.25) is 0 Å². The number of ether oxygens (including phenoxy) is 1. The Morgan fingerprint density at radius 1 is 1.50 bits per heavy atom. The number of methoxy groups -OCH3 is 1. The Balaban J connectivity index is 2.76. The maximum Gasteiger partial charge on any atom is 0.178 e. The van der Waals surface area contributed by atoms with E-state index in [1.807, 2.05) is 29.8 Å². The first-order valence-electron chi connectivity index (χ1n) is 5.04. The number of aromatic nitrogens is 1. The molecule has 0 fully saturated rings. The van der Waals surface area contributed by atoms with Crippen molar-refractivity contribution in [2.45, 2.75) is 0 Å². The molecule has 2 rings (SSSR count). The van der Waals surface area contributed by atoms with Crippen LogP contribution < -0.4 is 10.5 Å². The molecule has 0 saturated heterocycles. The Hall–Kier alpha value is -1.81. The predicted molar refractivity (Wildman–Crippen MR) is 62.9 cm³/mol. The SMILES string of the molecule is COc1cccc2c(C(=O)CN)cn(C)c12. The quantitative estimate of drug-likeness (QED) is 0.791. The molecule has 1 heterocycles. The molecule has 0 aliphatic rings. The second-order valence-electron chi connectivity index (χ2n) is 3.64. The fourth-order valence-corrected chi connectivity index (χ4v) is 1.93. The van der Waals surface area contributed by atoms with Crippen LogP contribution in [0, 0.1) is 0 Å². The van der Waals surface area contributed by atoms with E-state index in [-0.39, 0.29) is 12.3 Å². The van der Waals surface area contributed by atoms with Crippen molar-refractivity contribution in [1.29, 1.82) is 0 Å². The van der Waals surface area contributed by atoms with Gasteiger partial charge in [0.25, 0.3) is 0 Å². The number of nitrogens with zero attached hydrogens (tertiary/aromatic N) is 1. The molecule has 0 spiro atoms. The molecule has 0 aliphatic carbocycles. The van der Waals surface area contributed by atoms with Crippen LogP contribution in [-0.2, 0) is 7.05 Å². The summed E-state index contributed by atoms with van der Waals surface area (Å²) >= 11 is 0. The first-order chi connectivity index (χ1) is 7.69. The Bertz CT molecular complexity index is 543. The monoisotopic (exact) mass is 218 g/mol. The molecular weight excluding hydrogens is 204 g/mol. The predicted octanol–water partition coefficient (Wildman–Crippen LogP) is 1.33. The van der Waals surface area contributed by atoms with E-state index in [9.17, 15) is 4.79 Å². The third-order valence-corrected chi connectivity index (χ3v) is 2.67. The smallest absolute Gasteiger partial charge is 0.178 e. The topological polar surface area (TPSA) is 57.2 Å². The fraction of sp³-hybridized carbons (Fsp3) is 0.250. The van der Waals surface area contributed by atoms with E-state index >= 15 is 0 Å². The van der Waals surface area contributed by atoms with Crippen LogP contribution in [-0.4, -0.2) is 24.0 Å². The number of Topliss-reactive ketones (excluding diaryl/α,β-unsaturated/α-hetero) is 1. The van der Waals surface area contributed by atoms with E-state index in [0.717, 1.165) is 16.7 Å². The number of hydrogen-bond acceptors (Lipinski definition) is 3. The highest BCUT2D eigenvalue weighted by molar-refractivity contribution is 6.10. The van der Waals surface area contributed by atoms with E-state index < -0.39 is 0 Å². The zero-order valence-electron chi connectivity index (χ0n) is 9.36. The average molecular weight is 218 g/mol. The van der Waals surface area contributed by atoms with Crippen LogP contribution in [0.3, 0.4) is 0 Å². The number of rotatable bonds is 3. The maximum atomic E-state index is 11.7. The average Bonchev–Trinajstić information content (AvgIpc) is 2.66. The van der Waals surface area contributed by atoms with Crippen LogP contribution in [0.15, 0.2) is 24.4 Å². The van der Waals surface area contributed by atoms with Crippen molar-refractivity contribution in [3.8, 4) is 5.75 Å². The van der Waals surface area contributed by atoms with E-state index in [1.165, 1.54) is 0 Å². The number of aryl methyl sites for hydroxylation is 1. The summed E-state index contributed by atoms with van der Waals surface area (Å²) in [6.07, 6.45) is 1.79. The van der Waals surface area contributed by atoms with Gasteiger partial charge in [-0.15, -0.1) is 0 Å². The van der Waals surface area contributed by atoms with Crippen molar-refractivity contribution >= 4 is 16.7 Å². The zero-order valence-corrected chi connectivity index (χ0v) is 9.36. The summed E-state index contributed by atoms with van der Waals surface area (Å²) in [6, 6.07) is 5.65. The van der Waals surface area contributed by atoms with E-state index in [2.05, 4.69) is 0 Å². The minimum absolute atomic E-state index is 0.0241. The van der Waals surface area contributed by atoms with Crippen LogP contribution in [0.4, 0.5) is 0 Å². The molecule has 16 heavy (non-hydrogen) atoms. The van der Waals surface area contributed by atoms with Crippen molar-refractivity contribution in [3.05, 3.63) is 30.0 Å². The van der Waals surface area contributed by atoms with Crippen LogP contribution in [0.1, 0.15) is 10.4 Å². The van der Waals surface area contributed by atoms with Gasteiger partial charge in [0, 0.05) is 24.2 Å². The summed E-state index contributed by atoms with van der Waals surface area (Å²) in [5, 5.41) is 0.886. The van der Waals surface area contributed by atoms with Gasteiger partial charge in [0.05, 0.1) is 19.2 Å². The number of benzene rings is 1. The van der Waals surface area contributed by atoms with E-state index in [0.29, 0.717) is 5.56 Å². The van der Waals surface area contributed by atoms with Crippen LogP contribution >= 0.6 is 0 Å². The third kappa shape index (κ3) is 1.47. The summed E-state index contributed by atoms with van der Waals surface area (Å²) in [6.45, 7) is 0.0241. The number of hydrogen-bond donors (Lipinski definition) is 1. The second-order valence-corrected chi connectivity index (χ2v) is 3.64. The highest BCUT2D eigenvalue weighted by atomic mass is 16.5. The van der Waals surface area contributed by atoms with Crippen molar-refractivity contribution in [2.75, 3.05) is 13.7 Å². The molecule has 4 heteroatoms. The van der Waals surface area contributed by atoms with Crippen LogP contribution in [0.5, 0.6) is 5.75 Å². The van der Waals surface area contributed by atoms with Crippen molar-refractivity contribution in [1.82, 2.24) is 4.57 Å². The van der Waals surface area contributed by atoms with E-state index in [1.54, 1.807) is 13.3 Å². The summed E-state index contributed by atoms with van der Waals surface area (Å²) in [4.78, 5) is 11.7. The van der Waals surface area contributed by atoms with Gasteiger partial charge < -0.3 is 15.0 Å². The lowest BCUT2D eigenvalue weighted by atomic mass is 10.1. The Kier molecular flexibility index (Phi) is 2.66. The number of fused-ring (bicyclic) bond motifs is 1. The van der Waals surface area contributed by atoms with Gasteiger partial charge in [-0.05, 0) is 6.07 Å².